The molecule has 0 heterocycles. The summed E-state index contributed by atoms with van der Waals surface area (Å²) in [5, 5.41) is 21.5. The number of hydrogen-bond acceptors (Lipinski definition) is 2. The topological polar surface area (TPSA) is 46.8 Å². The van der Waals surface area contributed by atoms with Gasteiger partial charge in [0.2, 0.25) is 0 Å². The van der Waals surface area contributed by atoms with E-state index in [1.165, 1.54) is 0 Å². The summed E-state index contributed by atoms with van der Waals surface area (Å²) in [6.07, 6.45) is 0. The van der Waals surface area contributed by atoms with Crippen LogP contribution in [0.3, 0.4) is 0 Å². The van der Waals surface area contributed by atoms with Crippen molar-refractivity contribution < 1.29 is 56.5 Å². The molecule has 18 heavy (non-hydrogen) atoms. The van der Waals surface area contributed by atoms with E-state index in [0.717, 1.165) is 11.1 Å². The Kier molecular flexibility index (Phi) is 6.12. The van der Waals surface area contributed by atoms with E-state index in [1.54, 1.807) is 12.1 Å². The zero-order chi connectivity index (χ0) is 13.4. The Morgan fingerprint density at radius 3 is 1.50 bits per heavy atom. The first-order valence-corrected chi connectivity index (χ1v) is 5.83. The third kappa shape index (κ3) is 4.08. The number of hydrogen-bond donors (Lipinski definition) is 0. The van der Waals surface area contributed by atoms with Crippen LogP contribution in [0.2, 0.25) is 0 Å². The van der Waals surface area contributed by atoms with Crippen molar-refractivity contribution in [3.05, 3.63) is 28.8 Å². The first-order valence-electron chi connectivity index (χ1n) is 5.83. The van der Waals surface area contributed by atoms with Gasteiger partial charge in [0.1, 0.15) is 0 Å². The van der Waals surface area contributed by atoms with Gasteiger partial charge in [-0.15, -0.1) is 5.75 Å². The summed E-state index contributed by atoms with van der Waals surface area (Å²) in [5.74, 6) is 0.0731. The molecule has 0 bridgehead atoms. The van der Waals surface area contributed by atoms with E-state index in [2.05, 4.69) is 6.07 Å². The second-order valence-corrected chi connectivity index (χ2v) is 6.51. The monoisotopic (exact) mass is 269 g/mol. The van der Waals surface area contributed by atoms with E-state index >= 15 is 0 Å². The summed E-state index contributed by atoms with van der Waals surface area (Å²) in [7, 11) is 0. The first kappa shape index (κ1) is 18.1. The minimum atomic E-state index is -0.232. The van der Waals surface area contributed by atoms with Gasteiger partial charge in [-0.1, -0.05) is 41.5 Å². The van der Waals surface area contributed by atoms with Crippen molar-refractivity contribution in [1.82, 2.24) is 0 Å². The van der Waals surface area contributed by atoms with Crippen molar-refractivity contribution in [2.45, 2.75) is 52.4 Å². The molecule has 1 aromatic carbocycles. The maximum atomic E-state index is 12.4. The Morgan fingerprint density at radius 2 is 1.28 bits per heavy atom. The summed E-state index contributed by atoms with van der Waals surface area (Å²) in [5.41, 5.74) is 1.55. The number of benzene rings is 1. The Morgan fingerprint density at radius 1 is 0.944 bits per heavy atom. The molecule has 1 aromatic rings. The van der Waals surface area contributed by atoms with E-state index in [9.17, 15) is 5.11 Å². The van der Waals surface area contributed by atoms with Crippen LogP contribution in [0.5, 0.6) is 5.75 Å². The summed E-state index contributed by atoms with van der Waals surface area (Å²) in [4.78, 5) is 0. The molecule has 0 unspecified atom stereocenters. The smallest absolute Gasteiger partial charge is 0.872 e. The molecule has 0 saturated heterocycles. The molecule has 2 nitrogen and oxygen atoms in total. The molecule has 0 fully saturated rings. The Labute approximate surface area is 153 Å². The number of nitrogens with zero attached hydrogens (tertiary/aromatic N) is 1. The molecular formula is C15H20KNO. The van der Waals surface area contributed by atoms with Crippen molar-refractivity contribution in [1.29, 1.82) is 5.26 Å². The van der Waals surface area contributed by atoms with Crippen molar-refractivity contribution in [3.63, 3.8) is 0 Å². The predicted octanol–water partition coefficient (Wildman–Crippen LogP) is 0.231. The zero-order valence-electron chi connectivity index (χ0n) is 12.5. The molecule has 0 amide bonds. The van der Waals surface area contributed by atoms with Gasteiger partial charge in [0.05, 0.1) is 11.6 Å². The third-order valence-corrected chi connectivity index (χ3v) is 2.83. The van der Waals surface area contributed by atoms with Gasteiger partial charge in [0, 0.05) is 0 Å². The maximum absolute atomic E-state index is 12.4. The van der Waals surface area contributed by atoms with Gasteiger partial charge in [0.25, 0.3) is 0 Å². The van der Waals surface area contributed by atoms with Crippen molar-refractivity contribution in [3.8, 4) is 11.8 Å². The van der Waals surface area contributed by atoms with Crippen LogP contribution in [-0.4, -0.2) is 0 Å². The normalized spacial score (nSPS) is 11.6. The van der Waals surface area contributed by atoms with Gasteiger partial charge >= 0.3 is 51.4 Å². The summed E-state index contributed by atoms with van der Waals surface area (Å²) in [6.45, 7) is 12.0. The first-order chi connectivity index (χ1) is 7.57. The van der Waals surface area contributed by atoms with Gasteiger partial charge in [-0.3, -0.25) is 0 Å². The average molecular weight is 269 g/mol. The molecule has 0 spiro atoms. The molecule has 92 valence electrons. The van der Waals surface area contributed by atoms with Crippen LogP contribution in [0.15, 0.2) is 12.1 Å². The minimum absolute atomic E-state index is 0. The summed E-state index contributed by atoms with van der Waals surface area (Å²) >= 11 is 0. The fourth-order valence-electron chi connectivity index (χ4n) is 1.81. The fraction of sp³-hybridized carbons (Fsp3) is 0.533. The van der Waals surface area contributed by atoms with Gasteiger partial charge in [-0.25, -0.2) is 0 Å². The second-order valence-electron chi connectivity index (χ2n) is 6.51. The van der Waals surface area contributed by atoms with Gasteiger partial charge < -0.3 is 5.11 Å². The predicted molar refractivity (Wildman–Crippen MR) is 68.0 cm³/mol. The Hall–Kier alpha value is 0.146. The van der Waals surface area contributed by atoms with Gasteiger partial charge in [-0.05, 0) is 34.1 Å². The van der Waals surface area contributed by atoms with Crippen molar-refractivity contribution in [2.75, 3.05) is 0 Å². The Bertz CT molecular complexity index is 438. The Balaban J connectivity index is 0.00000289. The van der Waals surface area contributed by atoms with E-state index in [-0.39, 0.29) is 68.0 Å². The molecule has 0 aliphatic heterocycles. The van der Waals surface area contributed by atoms with Crippen LogP contribution in [0.25, 0.3) is 0 Å². The molecule has 0 aliphatic rings. The van der Waals surface area contributed by atoms with Crippen molar-refractivity contribution in [2.24, 2.45) is 0 Å². The molecule has 0 aromatic heterocycles. The maximum Gasteiger partial charge on any atom is 1.00 e. The standard InChI is InChI=1S/C15H21NO.K/c1-14(2,3)11-7-10(9-16)8-12(13(11)17)15(4,5)6;/h7-8,17H,1-6H3;/q;+1/p-1. The number of nitriles is 1. The average Bonchev–Trinajstić information content (AvgIpc) is 2.14. The van der Waals surface area contributed by atoms with E-state index in [0.29, 0.717) is 5.56 Å². The van der Waals surface area contributed by atoms with Crippen LogP contribution in [0, 0.1) is 11.3 Å². The largest absolute Gasteiger partial charge is 1.00 e. The van der Waals surface area contributed by atoms with E-state index in [1.807, 2.05) is 41.5 Å². The quantitative estimate of drug-likeness (QED) is 0.633. The van der Waals surface area contributed by atoms with Crippen molar-refractivity contribution >= 4 is 0 Å². The van der Waals surface area contributed by atoms with Gasteiger partial charge in [-0.2, -0.15) is 5.26 Å². The molecule has 0 saturated carbocycles. The van der Waals surface area contributed by atoms with Gasteiger partial charge in [0.15, 0.2) is 0 Å². The summed E-state index contributed by atoms with van der Waals surface area (Å²) < 4.78 is 0. The molecule has 0 aliphatic carbocycles. The van der Waals surface area contributed by atoms with Crippen LogP contribution in [0.1, 0.15) is 58.2 Å². The van der Waals surface area contributed by atoms with E-state index in [4.69, 9.17) is 5.26 Å². The van der Waals surface area contributed by atoms with Crippen LogP contribution < -0.4 is 56.5 Å². The van der Waals surface area contributed by atoms with Crippen LogP contribution in [0.4, 0.5) is 0 Å². The molecule has 0 radical (unpaired) electrons. The zero-order valence-corrected chi connectivity index (χ0v) is 15.6. The fourth-order valence-corrected chi connectivity index (χ4v) is 1.81. The molecule has 1 rings (SSSR count). The third-order valence-electron chi connectivity index (χ3n) is 2.83. The molecule has 3 heteroatoms. The van der Waals surface area contributed by atoms with Crippen LogP contribution >= 0.6 is 0 Å². The molecule has 0 N–H and O–H groups in total. The SMILES string of the molecule is CC(C)(C)c1cc(C#N)cc(C(C)(C)C)c1[O-].[K+]. The van der Waals surface area contributed by atoms with Crippen LogP contribution in [-0.2, 0) is 10.8 Å². The number of rotatable bonds is 0. The molecule has 0 atom stereocenters. The molecular weight excluding hydrogens is 249 g/mol. The van der Waals surface area contributed by atoms with E-state index < -0.39 is 0 Å². The summed E-state index contributed by atoms with van der Waals surface area (Å²) in [6, 6.07) is 5.58. The second kappa shape index (κ2) is 6.07. The minimum Gasteiger partial charge on any atom is -0.872 e.